The van der Waals surface area contributed by atoms with Crippen LogP contribution in [0.1, 0.15) is 18.9 Å². The van der Waals surface area contributed by atoms with Crippen LogP contribution in [0.4, 0.5) is 0 Å². The summed E-state index contributed by atoms with van der Waals surface area (Å²) in [6.07, 6.45) is 2.54. The lowest BCUT2D eigenvalue weighted by Crippen LogP contribution is -2.44. The number of ether oxygens (including phenoxy) is 1. The van der Waals surface area contributed by atoms with Crippen molar-refractivity contribution in [3.05, 3.63) is 29.8 Å². The summed E-state index contributed by atoms with van der Waals surface area (Å²) < 4.78 is 5.99. The van der Waals surface area contributed by atoms with Gasteiger partial charge in [0.15, 0.2) is 0 Å². The highest BCUT2D eigenvalue weighted by Crippen LogP contribution is 2.29. The Labute approximate surface area is 114 Å². The number of alkyl halides is 1. The van der Waals surface area contributed by atoms with E-state index in [1.807, 2.05) is 6.07 Å². The molecule has 0 spiro atoms. The van der Waals surface area contributed by atoms with E-state index in [0.29, 0.717) is 17.4 Å². The Balaban J connectivity index is 1.57. The third-order valence-corrected chi connectivity index (χ3v) is 4.69. The number of nitrogens with zero attached hydrogens (tertiary/aromatic N) is 1. The van der Waals surface area contributed by atoms with E-state index in [1.54, 1.807) is 0 Å². The van der Waals surface area contributed by atoms with Crippen molar-refractivity contribution in [2.75, 3.05) is 19.6 Å². The van der Waals surface area contributed by atoms with E-state index in [4.69, 9.17) is 16.3 Å². The predicted octanol–water partition coefficient (Wildman–Crippen LogP) is 2.94. The fourth-order valence-corrected chi connectivity index (χ4v) is 3.22. The lowest BCUT2D eigenvalue weighted by atomic mass is 9.98. The zero-order chi connectivity index (χ0) is 12.5. The highest BCUT2D eigenvalue weighted by Gasteiger charge is 2.29. The average molecular weight is 266 g/mol. The van der Waals surface area contributed by atoms with Crippen LogP contribution in [0.25, 0.3) is 0 Å². The zero-order valence-corrected chi connectivity index (χ0v) is 11.6. The lowest BCUT2D eigenvalue weighted by Gasteiger charge is -2.35. The van der Waals surface area contributed by atoms with Crippen LogP contribution in [0.3, 0.4) is 0 Å². The summed E-state index contributed by atoms with van der Waals surface area (Å²) in [6, 6.07) is 8.36. The summed E-state index contributed by atoms with van der Waals surface area (Å²) >= 11 is 6.35. The summed E-state index contributed by atoms with van der Waals surface area (Å²) in [5, 5.41) is 0.294. The number of para-hydroxylation sites is 1. The van der Waals surface area contributed by atoms with E-state index in [-0.39, 0.29) is 0 Å². The van der Waals surface area contributed by atoms with Gasteiger partial charge in [-0.3, -0.25) is 4.90 Å². The highest BCUT2D eigenvalue weighted by atomic mass is 35.5. The third-order valence-electron chi connectivity index (χ3n) is 4.13. The molecule has 0 saturated carbocycles. The second-order valence-corrected chi connectivity index (χ2v) is 6.15. The van der Waals surface area contributed by atoms with Crippen molar-refractivity contribution in [2.24, 2.45) is 5.92 Å². The quantitative estimate of drug-likeness (QED) is 0.763. The molecule has 0 aliphatic carbocycles. The van der Waals surface area contributed by atoms with E-state index in [9.17, 15) is 0 Å². The van der Waals surface area contributed by atoms with Gasteiger partial charge in [-0.25, -0.2) is 0 Å². The van der Waals surface area contributed by atoms with Crippen LogP contribution in [-0.2, 0) is 6.42 Å². The molecule has 3 heteroatoms. The largest absolute Gasteiger partial charge is 0.488 e. The molecule has 1 saturated heterocycles. The van der Waals surface area contributed by atoms with Crippen molar-refractivity contribution in [1.82, 2.24) is 4.90 Å². The molecule has 3 atom stereocenters. The first-order valence-electron chi connectivity index (χ1n) is 6.83. The SMILES string of the molecule is CC1CCN(CC2Cc3ccccc3O2)CC1Cl. The molecule has 2 aliphatic rings. The van der Waals surface area contributed by atoms with Crippen LogP contribution in [0.15, 0.2) is 24.3 Å². The van der Waals surface area contributed by atoms with Crippen molar-refractivity contribution in [2.45, 2.75) is 31.2 Å². The van der Waals surface area contributed by atoms with Crippen molar-refractivity contribution < 1.29 is 4.74 Å². The fourth-order valence-electron chi connectivity index (χ4n) is 2.89. The monoisotopic (exact) mass is 265 g/mol. The second kappa shape index (κ2) is 5.10. The molecule has 2 nitrogen and oxygen atoms in total. The maximum atomic E-state index is 6.35. The van der Waals surface area contributed by atoms with Gasteiger partial charge < -0.3 is 4.74 Å². The Bertz CT molecular complexity index is 398. The summed E-state index contributed by atoms with van der Waals surface area (Å²) in [5.74, 6) is 1.71. The van der Waals surface area contributed by atoms with Crippen LogP contribution < -0.4 is 4.74 Å². The second-order valence-electron chi connectivity index (χ2n) is 5.59. The molecule has 0 N–H and O–H groups in total. The van der Waals surface area contributed by atoms with Crippen LogP contribution in [0.2, 0.25) is 0 Å². The molecule has 0 bridgehead atoms. The summed E-state index contributed by atoms with van der Waals surface area (Å²) in [7, 11) is 0. The molecule has 0 radical (unpaired) electrons. The normalized spacial score (nSPS) is 32.0. The Morgan fingerprint density at radius 2 is 2.22 bits per heavy atom. The van der Waals surface area contributed by atoms with Crippen LogP contribution in [0.5, 0.6) is 5.75 Å². The van der Waals surface area contributed by atoms with Gasteiger partial charge in [0, 0.05) is 24.9 Å². The van der Waals surface area contributed by atoms with Crippen molar-refractivity contribution >= 4 is 11.6 Å². The predicted molar refractivity (Wildman–Crippen MR) is 74.4 cm³/mol. The van der Waals surface area contributed by atoms with Crippen LogP contribution in [-0.4, -0.2) is 36.0 Å². The standard InChI is InChI=1S/C15H20ClNO/c1-11-6-7-17(10-14(11)16)9-13-8-12-4-2-3-5-15(12)18-13/h2-5,11,13-14H,6-10H2,1H3. The number of piperidine rings is 1. The first kappa shape index (κ1) is 12.3. The molecule has 0 aromatic heterocycles. The first-order chi connectivity index (χ1) is 8.72. The molecule has 98 valence electrons. The van der Waals surface area contributed by atoms with Gasteiger partial charge in [0.2, 0.25) is 0 Å². The van der Waals surface area contributed by atoms with Gasteiger partial charge in [-0.05, 0) is 30.5 Å². The molecular weight excluding hydrogens is 246 g/mol. The average Bonchev–Trinajstić information content (AvgIpc) is 2.76. The minimum Gasteiger partial charge on any atom is -0.488 e. The van der Waals surface area contributed by atoms with Gasteiger partial charge in [-0.15, -0.1) is 11.6 Å². The van der Waals surface area contributed by atoms with E-state index >= 15 is 0 Å². The fraction of sp³-hybridized carbons (Fsp3) is 0.600. The summed E-state index contributed by atoms with van der Waals surface area (Å²) in [4.78, 5) is 2.45. The van der Waals surface area contributed by atoms with Gasteiger partial charge in [0.1, 0.15) is 11.9 Å². The summed E-state index contributed by atoms with van der Waals surface area (Å²) in [6.45, 7) is 5.40. The molecule has 3 unspecified atom stereocenters. The third kappa shape index (κ3) is 2.50. The molecule has 1 aromatic carbocycles. The number of hydrogen-bond acceptors (Lipinski definition) is 2. The van der Waals surface area contributed by atoms with E-state index in [1.165, 1.54) is 12.0 Å². The minimum absolute atomic E-state index is 0.294. The van der Waals surface area contributed by atoms with E-state index < -0.39 is 0 Å². The van der Waals surface area contributed by atoms with Gasteiger partial charge in [-0.1, -0.05) is 25.1 Å². The van der Waals surface area contributed by atoms with Gasteiger partial charge in [-0.2, -0.15) is 0 Å². The maximum absolute atomic E-state index is 6.35. The van der Waals surface area contributed by atoms with Crippen molar-refractivity contribution in [3.63, 3.8) is 0 Å². The molecule has 18 heavy (non-hydrogen) atoms. The van der Waals surface area contributed by atoms with Crippen LogP contribution >= 0.6 is 11.6 Å². The molecule has 2 heterocycles. The molecular formula is C15H20ClNO. The molecule has 0 amide bonds. The highest BCUT2D eigenvalue weighted by molar-refractivity contribution is 6.21. The van der Waals surface area contributed by atoms with Gasteiger partial charge in [0.25, 0.3) is 0 Å². The minimum atomic E-state index is 0.294. The van der Waals surface area contributed by atoms with Crippen molar-refractivity contribution in [3.8, 4) is 5.75 Å². The zero-order valence-electron chi connectivity index (χ0n) is 10.8. The van der Waals surface area contributed by atoms with Gasteiger partial charge >= 0.3 is 0 Å². The smallest absolute Gasteiger partial charge is 0.123 e. The molecule has 1 fully saturated rings. The topological polar surface area (TPSA) is 12.5 Å². The lowest BCUT2D eigenvalue weighted by molar-refractivity contribution is 0.122. The molecule has 3 rings (SSSR count). The number of rotatable bonds is 2. The Kier molecular flexibility index (Phi) is 3.49. The van der Waals surface area contributed by atoms with E-state index in [0.717, 1.165) is 31.8 Å². The first-order valence-corrected chi connectivity index (χ1v) is 7.27. The molecule has 1 aromatic rings. The number of fused-ring (bicyclic) bond motifs is 1. The Morgan fingerprint density at radius 1 is 1.39 bits per heavy atom. The van der Waals surface area contributed by atoms with Crippen molar-refractivity contribution in [1.29, 1.82) is 0 Å². The van der Waals surface area contributed by atoms with Crippen LogP contribution in [0, 0.1) is 5.92 Å². The number of benzene rings is 1. The Morgan fingerprint density at radius 3 is 3.00 bits per heavy atom. The molecule has 2 aliphatic heterocycles. The summed E-state index contributed by atoms with van der Waals surface area (Å²) in [5.41, 5.74) is 1.34. The number of hydrogen-bond donors (Lipinski definition) is 0. The Hall–Kier alpha value is -0.730. The number of likely N-dealkylation sites (tertiary alicyclic amines) is 1. The van der Waals surface area contributed by atoms with Gasteiger partial charge in [0.05, 0.1) is 0 Å². The van der Waals surface area contributed by atoms with E-state index in [2.05, 4.69) is 30.0 Å². The maximum Gasteiger partial charge on any atom is 0.123 e. The number of halogens is 1.